The van der Waals surface area contributed by atoms with Crippen molar-refractivity contribution in [3.8, 4) is 0 Å². The summed E-state index contributed by atoms with van der Waals surface area (Å²) in [6.45, 7) is 5.90. The van der Waals surface area contributed by atoms with Crippen molar-refractivity contribution in [3.05, 3.63) is 18.0 Å². The second-order valence-corrected chi connectivity index (χ2v) is 7.45. The molecule has 0 bridgehead atoms. The molecule has 0 amide bonds. The van der Waals surface area contributed by atoms with Gasteiger partial charge in [0, 0.05) is 18.2 Å². The van der Waals surface area contributed by atoms with Crippen LogP contribution in [0.25, 0.3) is 0 Å². The third kappa shape index (κ3) is 3.33. The predicted molar refractivity (Wildman–Crippen MR) is 87.5 cm³/mol. The quantitative estimate of drug-likeness (QED) is 0.904. The average molecular weight is 289 g/mol. The van der Waals surface area contributed by atoms with Gasteiger partial charge in [-0.25, -0.2) is 0 Å². The second-order valence-electron chi connectivity index (χ2n) is 7.45. The molecule has 1 aromatic rings. The first-order valence-corrected chi connectivity index (χ1v) is 8.99. The standard InChI is InChI=1S/C18H31N3/c1-15(2)18(11-6-3-7-12-19-18)14-16-10-13-21(20-16)17-8-4-5-9-17/h10,13,15,17,19H,3-9,11-12,14H2,1-2H3. The van der Waals surface area contributed by atoms with Gasteiger partial charge in [-0.15, -0.1) is 0 Å². The first kappa shape index (κ1) is 15.1. The first-order valence-electron chi connectivity index (χ1n) is 8.99. The van der Waals surface area contributed by atoms with Gasteiger partial charge >= 0.3 is 0 Å². The van der Waals surface area contributed by atoms with Crippen molar-refractivity contribution in [2.75, 3.05) is 6.54 Å². The Labute approximate surface area is 129 Å². The van der Waals surface area contributed by atoms with Crippen molar-refractivity contribution in [2.24, 2.45) is 5.92 Å². The molecule has 1 saturated carbocycles. The predicted octanol–water partition coefficient (Wildman–Crippen LogP) is 4.10. The zero-order chi connectivity index (χ0) is 14.7. The summed E-state index contributed by atoms with van der Waals surface area (Å²) in [5.41, 5.74) is 1.54. The summed E-state index contributed by atoms with van der Waals surface area (Å²) in [5, 5.41) is 8.79. The molecule has 2 fully saturated rings. The van der Waals surface area contributed by atoms with Crippen LogP contribution in [0.15, 0.2) is 12.3 Å². The lowest BCUT2D eigenvalue weighted by atomic mass is 9.79. The van der Waals surface area contributed by atoms with E-state index in [0.29, 0.717) is 12.0 Å². The summed E-state index contributed by atoms with van der Waals surface area (Å²) < 4.78 is 2.24. The molecule has 1 aromatic heterocycles. The Morgan fingerprint density at radius 2 is 2.05 bits per heavy atom. The normalized spacial score (nSPS) is 28.1. The number of aromatic nitrogens is 2. The molecule has 3 rings (SSSR count). The Kier molecular flexibility index (Phi) is 4.68. The fourth-order valence-corrected chi connectivity index (χ4v) is 4.18. The molecule has 1 N–H and O–H groups in total. The molecule has 1 aliphatic heterocycles. The van der Waals surface area contributed by atoms with Crippen LogP contribution in [0.1, 0.15) is 76.9 Å². The van der Waals surface area contributed by atoms with Gasteiger partial charge in [0.15, 0.2) is 0 Å². The smallest absolute Gasteiger partial charge is 0.0643 e. The molecule has 3 heteroatoms. The summed E-state index contributed by atoms with van der Waals surface area (Å²) >= 11 is 0. The van der Waals surface area contributed by atoms with Crippen LogP contribution in [0.2, 0.25) is 0 Å². The maximum absolute atomic E-state index is 4.92. The molecule has 2 aliphatic rings. The molecule has 3 nitrogen and oxygen atoms in total. The molecule has 1 atom stereocenters. The van der Waals surface area contributed by atoms with Gasteiger partial charge < -0.3 is 5.32 Å². The maximum Gasteiger partial charge on any atom is 0.0643 e. The highest BCUT2D eigenvalue weighted by atomic mass is 15.3. The fourth-order valence-electron chi connectivity index (χ4n) is 4.18. The third-order valence-corrected chi connectivity index (χ3v) is 5.74. The van der Waals surface area contributed by atoms with Crippen LogP contribution >= 0.6 is 0 Å². The molecule has 1 unspecified atom stereocenters. The SMILES string of the molecule is CC(C)C1(Cc2ccn(C3CCCC3)n2)CCCCCN1. The van der Waals surface area contributed by atoms with Gasteiger partial charge in [-0.3, -0.25) is 4.68 Å². The molecular formula is C18H31N3. The fraction of sp³-hybridized carbons (Fsp3) is 0.833. The van der Waals surface area contributed by atoms with Crippen molar-refractivity contribution in [2.45, 2.75) is 83.2 Å². The van der Waals surface area contributed by atoms with Crippen molar-refractivity contribution in [1.82, 2.24) is 15.1 Å². The van der Waals surface area contributed by atoms with Crippen LogP contribution in [0.4, 0.5) is 0 Å². The van der Waals surface area contributed by atoms with E-state index in [4.69, 9.17) is 5.10 Å². The molecule has 0 spiro atoms. The summed E-state index contributed by atoms with van der Waals surface area (Å²) in [5.74, 6) is 0.659. The van der Waals surface area contributed by atoms with E-state index in [0.717, 1.165) is 6.42 Å². The summed E-state index contributed by atoms with van der Waals surface area (Å²) in [4.78, 5) is 0. The molecule has 1 saturated heterocycles. The number of nitrogens with zero attached hydrogens (tertiary/aromatic N) is 2. The first-order chi connectivity index (χ1) is 10.2. The largest absolute Gasteiger partial charge is 0.311 e. The van der Waals surface area contributed by atoms with Crippen LogP contribution in [0, 0.1) is 5.92 Å². The van der Waals surface area contributed by atoms with Crippen molar-refractivity contribution in [1.29, 1.82) is 0 Å². The van der Waals surface area contributed by atoms with Crippen molar-refractivity contribution >= 4 is 0 Å². The lowest BCUT2D eigenvalue weighted by molar-refractivity contribution is 0.223. The summed E-state index contributed by atoms with van der Waals surface area (Å²) in [7, 11) is 0. The number of hydrogen-bond donors (Lipinski definition) is 1. The minimum atomic E-state index is 0.255. The minimum Gasteiger partial charge on any atom is -0.311 e. The summed E-state index contributed by atoms with van der Waals surface area (Å²) in [6, 6.07) is 2.92. The third-order valence-electron chi connectivity index (χ3n) is 5.74. The molecule has 1 aliphatic carbocycles. The van der Waals surface area contributed by atoms with E-state index in [1.807, 2.05) is 0 Å². The van der Waals surface area contributed by atoms with Gasteiger partial charge in [-0.2, -0.15) is 5.10 Å². The molecule has 0 aromatic carbocycles. The highest BCUT2D eigenvalue weighted by Crippen LogP contribution is 2.32. The van der Waals surface area contributed by atoms with Crippen molar-refractivity contribution < 1.29 is 0 Å². The van der Waals surface area contributed by atoms with Crippen molar-refractivity contribution in [3.63, 3.8) is 0 Å². The highest BCUT2D eigenvalue weighted by molar-refractivity contribution is 5.08. The topological polar surface area (TPSA) is 29.9 Å². The van der Waals surface area contributed by atoms with Crippen LogP contribution in [-0.4, -0.2) is 21.9 Å². The van der Waals surface area contributed by atoms with E-state index in [1.165, 1.54) is 63.6 Å². The Balaban J connectivity index is 1.73. The lowest BCUT2D eigenvalue weighted by Gasteiger charge is -2.37. The molecule has 21 heavy (non-hydrogen) atoms. The number of nitrogens with one attached hydrogen (secondary N) is 1. The van der Waals surface area contributed by atoms with Crippen LogP contribution in [0.3, 0.4) is 0 Å². The van der Waals surface area contributed by atoms with Crippen LogP contribution in [0.5, 0.6) is 0 Å². The molecule has 0 radical (unpaired) electrons. The minimum absolute atomic E-state index is 0.255. The van der Waals surface area contributed by atoms with Gasteiger partial charge in [0.25, 0.3) is 0 Å². The van der Waals surface area contributed by atoms with E-state index in [1.54, 1.807) is 0 Å². The molecule has 2 heterocycles. The summed E-state index contributed by atoms with van der Waals surface area (Å²) in [6.07, 6.45) is 14.0. The van der Waals surface area contributed by atoms with E-state index in [2.05, 4.69) is 36.1 Å². The Morgan fingerprint density at radius 3 is 2.81 bits per heavy atom. The van der Waals surface area contributed by atoms with E-state index in [9.17, 15) is 0 Å². The Bertz CT molecular complexity index is 435. The van der Waals surface area contributed by atoms with Crippen LogP contribution in [-0.2, 0) is 6.42 Å². The van der Waals surface area contributed by atoms with E-state index >= 15 is 0 Å². The van der Waals surface area contributed by atoms with Gasteiger partial charge in [0.05, 0.1) is 11.7 Å². The van der Waals surface area contributed by atoms with Crippen LogP contribution < -0.4 is 5.32 Å². The maximum atomic E-state index is 4.92. The average Bonchev–Trinajstić information content (AvgIpc) is 3.07. The number of rotatable bonds is 4. The van der Waals surface area contributed by atoms with E-state index in [-0.39, 0.29) is 5.54 Å². The van der Waals surface area contributed by atoms with Gasteiger partial charge in [-0.05, 0) is 44.2 Å². The second kappa shape index (κ2) is 6.51. The highest BCUT2D eigenvalue weighted by Gasteiger charge is 2.34. The lowest BCUT2D eigenvalue weighted by Crippen LogP contribution is -2.51. The van der Waals surface area contributed by atoms with Gasteiger partial charge in [0.1, 0.15) is 0 Å². The van der Waals surface area contributed by atoms with E-state index < -0.39 is 0 Å². The van der Waals surface area contributed by atoms with Gasteiger partial charge in [-0.1, -0.05) is 39.5 Å². The molecular weight excluding hydrogens is 258 g/mol. The number of hydrogen-bond acceptors (Lipinski definition) is 2. The Hall–Kier alpha value is -0.830. The monoisotopic (exact) mass is 289 g/mol. The van der Waals surface area contributed by atoms with Gasteiger partial charge in [0.2, 0.25) is 0 Å². The zero-order valence-electron chi connectivity index (χ0n) is 13.8. The molecule has 118 valence electrons. The zero-order valence-corrected chi connectivity index (χ0v) is 13.8. The Morgan fingerprint density at radius 1 is 1.24 bits per heavy atom.